The smallest absolute Gasteiger partial charge is 0.0498 e. The summed E-state index contributed by atoms with van der Waals surface area (Å²) in [4.78, 5) is 6.32. The number of likely N-dealkylation sites (N-methyl/N-ethyl adjacent to an activating group) is 1. The third-order valence-electron chi connectivity index (χ3n) is 2.90. The van der Waals surface area contributed by atoms with Gasteiger partial charge in [0.15, 0.2) is 0 Å². The molecule has 3 nitrogen and oxygen atoms in total. The summed E-state index contributed by atoms with van der Waals surface area (Å²) in [7, 11) is 3.23. The van der Waals surface area contributed by atoms with Crippen molar-refractivity contribution in [3.63, 3.8) is 0 Å². The van der Waals surface area contributed by atoms with E-state index in [1.807, 2.05) is 18.2 Å². The van der Waals surface area contributed by atoms with Crippen molar-refractivity contribution >= 4 is 35.2 Å². The van der Waals surface area contributed by atoms with Gasteiger partial charge in [-0.25, -0.2) is 0 Å². The van der Waals surface area contributed by atoms with E-state index in [9.17, 15) is 4.21 Å². The third-order valence-corrected chi connectivity index (χ3v) is 3.82. The number of nitrogens with one attached hydrogen (secondary N) is 1. The maximum absolute atomic E-state index is 11.5. The molecule has 2 aromatic rings. The van der Waals surface area contributed by atoms with Crippen molar-refractivity contribution < 1.29 is 4.21 Å². The highest BCUT2D eigenvalue weighted by Gasteiger charge is 2.06. The lowest BCUT2D eigenvalue weighted by Crippen LogP contribution is -2.14. The molecule has 0 amide bonds. The summed E-state index contributed by atoms with van der Waals surface area (Å²) in [6, 6.07) is 5.96. The van der Waals surface area contributed by atoms with E-state index in [0.29, 0.717) is 0 Å². The average Bonchev–Trinajstić information content (AvgIpc) is 2.68. The molecule has 0 saturated heterocycles. The Labute approximate surface area is 117 Å². The predicted octanol–water partition coefficient (Wildman–Crippen LogP) is 2.12. The second-order valence-electron chi connectivity index (χ2n) is 4.53. The minimum atomic E-state index is -0.914. The third kappa shape index (κ3) is 3.37. The maximum Gasteiger partial charge on any atom is 0.0498 e. The molecule has 5 heteroatoms. The fourth-order valence-electron chi connectivity index (χ4n) is 1.89. The van der Waals surface area contributed by atoms with Gasteiger partial charge in [-0.3, -0.25) is 4.21 Å². The molecular weight excluding hydrogens is 264 g/mol. The SMILES string of the molecule is CN(C)CCc1c[nH]c2ccc(S(C)=O)cc12.S. The van der Waals surface area contributed by atoms with E-state index in [1.165, 1.54) is 10.9 Å². The van der Waals surface area contributed by atoms with Crippen molar-refractivity contribution in [1.82, 2.24) is 9.88 Å². The van der Waals surface area contributed by atoms with Crippen LogP contribution in [-0.2, 0) is 17.2 Å². The number of nitrogens with zero attached hydrogens (tertiary/aromatic N) is 1. The van der Waals surface area contributed by atoms with E-state index in [2.05, 4.69) is 30.2 Å². The predicted molar refractivity (Wildman–Crippen MR) is 83.3 cm³/mol. The first kappa shape index (κ1) is 15.3. The fourth-order valence-corrected chi connectivity index (χ4v) is 2.43. The van der Waals surface area contributed by atoms with Gasteiger partial charge in [-0.05, 0) is 44.3 Å². The van der Waals surface area contributed by atoms with Gasteiger partial charge in [0.1, 0.15) is 0 Å². The van der Waals surface area contributed by atoms with Crippen LogP contribution in [0.3, 0.4) is 0 Å². The molecule has 1 atom stereocenters. The number of H-pyrrole nitrogens is 1. The molecule has 1 unspecified atom stereocenters. The topological polar surface area (TPSA) is 36.1 Å². The summed E-state index contributed by atoms with van der Waals surface area (Å²) < 4.78 is 11.5. The Morgan fingerprint density at radius 2 is 2.06 bits per heavy atom. The van der Waals surface area contributed by atoms with Crippen molar-refractivity contribution in [2.24, 2.45) is 0 Å². The van der Waals surface area contributed by atoms with Gasteiger partial charge in [0.2, 0.25) is 0 Å². The molecule has 100 valence electrons. The maximum atomic E-state index is 11.5. The molecule has 2 rings (SSSR count). The molecule has 18 heavy (non-hydrogen) atoms. The molecular formula is C13H20N2OS2. The van der Waals surface area contributed by atoms with Gasteiger partial charge in [-0.15, -0.1) is 0 Å². The molecule has 0 bridgehead atoms. The number of aromatic amines is 1. The quantitative estimate of drug-likeness (QED) is 0.933. The zero-order valence-electron chi connectivity index (χ0n) is 11.0. The number of benzene rings is 1. The first-order valence-corrected chi connectivity index (χ1v) is 7.22. The standard InChI is InChI=1S/C13H18N2OS.H2S/c1-15(2)7-6-10-9-14-13-5-4-11(17(3)16)8-12(10)13;/h4-5,8-9,14H,6-7H2,1-3H3;1H2. The van der Waals surface area contributed by atoms with Gasteiger partial charge < -0.3 is 9.88 Å². The first-order valence-electron chi connectivity index (χ1n) is 5.66. The van der Waals surface area contributed by atoms with Crippen molar-refractivity contribution in [2.45, 2.75) is 11.3 Å². The summed E-state index contributed by atoms with van der Waals surface area (Å²) in [6.45, 7) is 1.02. The van der Waals surface area contributed by atoms with Gasteiger partial charge in [-0.2, -0.15) is 13.5 Å². The Morgan fingerprint density at radius 3 is 2.67 bits per heavy atom. The van der Waals surface area contributed by atoms with E-state index in [1.54, 1.807) is 6.26 Å². The first-order chi connectivity index (χ1) is 8.08. The summed E-state index contributed by atoms with van der Waals surface area (Å²) in [6.07, 6.45) is 4.77. The Morgan fingerprint density at radius 1 is 1.33 bits per heavy atom. The van der Waals surface area contributed by atoms with E-state index in [0.717, 1.165) is 23.4 Å². The molecule has 0 saturated carbocycles. The summed E-state index contributed by atoms with van der Waals surface area (Å²) in [5.74, 6) is 0. The number of aromatic nitrogens is 1. The summed E-state index contributed by atoms with van der Waals surface area (Å²) >= 11 is 0. The van der Waals surface area contributed by atoms with Crippen LogP contribution in [0.15, 0.2) is 29.3 Å². The van der Waals surface area contributed by atoms with Crippen molar-refractivity contribution in [1.29, 1.82) is 0 Å². The lowest BCUT2D eigenvalue weighted by molar-refractivity contribution is 0.414. The molecule has 0 aliphatic heterocycles. The lowest BCUT2D eigenvalue weighted by Gasteiger charge is -2.08. The second-order valence-corrected chi connectivity index (χ2v) is 5.91. The zero-order chi connectivity index (χ0) is 12.4. The van der Waals surface area contributed by atoms with Crippen LogP contribution < -0.4 is 0 Å². The molecule has 1 N–H and O–H groups in total. The van der Waals surface area contributed by atoms with Gasteiger partial charge in [0, 0.05) is 45.6 Å². The zero-order valence-corrected chi connectivity index (χ0v) is 12.8. The van der Waals surface area contributed by atoms with Gasteiger partial charge in [0.25, 0.3) is 0 Å². The van der Waals surface area contributed by atoms with E-state index < -0.39 is 10.8 Å². The molecule has 1 aromatic carbocycles. The van der Waals surface area contributed by atoms with Gasteiger partial charge in [-0.1, -0.05) is 0 Å². The Hall–Kier alpha value is -0.780. The fraction of sp³-hybridized carbons (Fsp3) is 0.385. The van der Waals surface area contributed by atoms with Crippen LogP contribution in [0.2, 0.25) is 0 Å². The van der Waals surface area contributed by atoms with Crippen molar-refractivity contribution in [3.05, 3.63) is 30.0 Å². The van der Waals surface area contributed by atoms with Crippen LogP contribution >= 0.6 is 13.5 Å². The minimum Gasteiger partial charge on any atom is -0.361 e. The largest absolute Gasteiger partial charge is 0.361 e. The summed E-state index contributed by atoms with van der Waals surface area (Å²) in [5, 5.41) is 1.19. The highest BCUT2D eigenvalue weighted by atomic mass is 32.2. The van der Waals surface area contributed by atoms with Crippen molar-refractivity contribution in [3.8, 4) is 0 Å². The van der Waals surface area contributed by atoms with Crippen LogP contribution in [0.5, 0.6) is 0 Å². The molecule has 0 aliphatic rings. The molecule has 1 heterocycles. The highest BCUT2D eigenvalue weighted by Crippen LogP contribution is 2.21. The Bertz CT molecular complexity index is 549. The van der Waals surface area contributed by atoms with Crippen LogP contribution in [0.4, 0.5) is 0 Å². The second kappa shape index (κ2) is 6.41. The van der Waals surface area contributed by atoms with Gasteiger partial charge in [0.05, 0.1) is 0 Å². The van der Waals surface area contributed by atoms with E-state index >= 15 is 0 Å². The lowest BCUT2D eigenvalue weighted by atomic mass is 10.1. The molecule has 1 aromatic heterocycles. The van der Waals surface area contributed by atoms with Crippen LogP contribution in [-0.4, -0.2) is 41.0 Å². The minimum absolute atomic E-state index is 0. The monoisotopic (exact) mass is 284 g/mol. The molecule has 0 fully saturated rings. The molecule has 0 aliphatic carbocycles. The van der Waals surface area contributed by atoms with Crippen LogP contribution in [0.1, 0.15) is 5.56 Å². The number of fused-ring (bicyclic) bond motifs is 1. The van der Waals surface area contributed by atoms with Crippen molar-refractivity contribution in [2.75, 3.05) is 26.9 Å². The van der Waals surface area contributed by atoms with Crippen LogP contribution in [0, 0.1) is 0 Å². The Balaban J connectivity index is 0.00000162. The van der Waals surface area contributed by atoms with E-state index in [-0.39, 0.29) is 13.5 Å². The molecule has 0 radical (unpaired) electrons. The average molecular weight is 284 g/mol. The molecule has 0 spiro atoms. The number of rotatable bonds is 4. The normalized spacial score (nSPS) is 12.7. The van der Waals surface area contributed by atoms with Gasteiger partial charge >= 0.3 is 0 Å². The highest BCUT2D eigenvalue weighted by molar-refractivity contribution is 7.84. The van der Waals surface area contributed by atoms with Crippen LogP contribution in [0.25, 0.3) is 10.9 Å². The number of hydrogen-bond acceptors (Lipinski definition) is 2. The van der Waals surface area contributed by atoms with E-state index in [4.69, 9.17) is 0 Å². The number of hydrogen-bond donors (Lipinski definition) is 1. The summed E-state index contributed by atoms with van der Waals surface area (Å²) in [5.41, 5.74) is 2.41. The Kier molecular flexibility index (Phi) is 5.44.